The van der Waals surface area contributed by atoms with Gasteiger partial charge in [-0.2, -0.15) is 4.31 Å². The summed E-state index contributed by atoms with van der Waals surface area (Å²) in [5.41, 5.74) is 0.160. The number of hydrogen-bond donors (Lipinski definition) is 2. The third kappa shape index (κ3) is 6.17. The molecule has 27 heavy (non-hydrogen) atoms. The zero-order valence-electron chi connectivity index (χ0n) is 16.3. The van der Waals surface area contributed by atoms with Gasteiger partial charge in [-0.25, -0.2) is 8.42 Å². The highest BCUT2D eigenvalue weighted by Gasteiger charge is 2.26. The van der Waals surface area contributed by atoms with Gasteiger partial charge in [-0.1, -0.05) is 31.4 Å². The number of hydrogen-bond acceptors (Lipinski definition) is 4. The summed E-state index contributed by atoms with van der Waals surface area (Å²) >= 11 is 6.18. The van der Waals surface area contributed by atoms with Gasteiger partial charge >= 0.3 is 0 Å². The number of benzene rings is 1. The van der Waals surface area contributed by atoms with Crippen molar-refractivity contribution in [2.24, 2.45) is 0 Å². The Morgan fingerprint density at radius 1 is 1.19 bits per heavy atom. The topological polar surface area (TPSA) is 78.5 Å². The maximum Gasteiger partial charge on any atom is 0.243 e. The Balaban J connectivity index is 2.14. The standard InChI is InChI=1S/C19H30ClN3O3S/c1-4-19(2,3)21-14-18(24)22-17-13-15(9-10-16(17)20)27(25,26)23-11-7-5-6-8-12-23/h9-10,13,21H,4-8,11-12,14H2,1-3H3,(H,22,24). The first-order valence-corrected chi connectivity index (χ1v) is 11.3. The molecule has 1 saturated heterocycles. The lowest BCUT2D eigenvalue weighted by Crippen LogP contribution is -2.43. The lowest BCUT2D eigenvalue weighted by molar-refractivity contribution is -0.115. The van der Waals surface area contributed by atoms with E-state index < -0.39 is 10.0 Å². The quantitative estimate of drug-likeness (QED) is 0.712. The van der Waals surface area contributed by atoms with E-state index in [0.717, 1.165) is 32.1 Å². The number of sulfonamides is 1. The van der Waals surface area contributed by atoms with Gasteiger partial charge in [-0.15, -0.1) is 0 Å². The number of nitrogens with one attached hydrogen (secondary N) is 2. The van der Waals surface area contributed by atoms with Crippen molar-refractivity contribution in [3.63, 3.8) is 0 Å². The summed E-state index contributed by atoms with van der Waals surface area (Å²) < 4.78 is 27.4. The highest BCUT2D eigenvalue weighted by molar-refractivity contribution is 7.89. The highest BCUT2D eigenvalue weighted by Crippen LogP contribution is 2.28. The normalized spacial score (nSPS) is 16.7. The minimum absolute atomic E-state index is 0.125. The lowest BCUT2D eigenvalue weighted by Gasteiger charge is -2.24. The maximum absolute atomic E-state index is 12.9. The van der Waals surface area contributed by atoms with E-state index in [0.29, 0.717) is 23.8 Å². The van der Waals surface area contributed by atoms with Crippen molar-refractivity contribution in [1.82, 2.24) is 9.62 Å². The number of carbonyl (C=O) groups excluding carboxylic acids is 1. The summed E-state index contributed by atoms with van der Waals surface area (Å²) in [5, 5.41) is 6.20. The maximum atomic E-state index is 12.9. The van der Waals surface area contributed by atoms with Crippen LogP contribution in [0.2, 0.25) is 5.02 Å². The first-order chi connectivity index (χ1) is 12.7. The summed E-state index contributed by atoms with van der Waals surface area (Å²) in [7, 11) is -3.59. The molecule has 8 heteroatoms. The molecule has 1 fully saturated rings. The van der Waals surface area contributed by atoms with Gasteiger partial charge in [0.25, 0.3) is 0 Å². The molecule has 1 aromatic carbocycles. The second-order valence-corrected chi connectivity index (χ2v) is 9.94. The number of nitrogens with zero attached hydrogens (tertiary/aromatic N) is 1. The van der Waals surface area contributed by atoms with E-state index >= 15 is 0 Å². The molecule has 2 N–H and O–H groups in total. The lowest BCUT2D eigenvalue weighted by atomic mass is 10.0. The first-order valence-electron chi connectivity index (χ1n) is 9.50. The molecule has 0 radical (unpaired) electrons. The van der Waals surface area contributed by atoms with Crippen LogP contribution in [-0.4, -0.2) is 43.8 Å². The van der Waals surface area contributed by atoms with Gasteiger partial charge in [0.2, 0.25) is 15.9 Å². The Hall–Kier alpha value is -1.15. The van der Waals surface area contributed by atoms with Crippen LogP contribution >= 0.6 is 11.6 Å². The zero-order valence-corrected chi connectivity index (χ0v) is 17.9. The molecule has 6 nitrogen and oxygen atoms in total. The predicted octanol–water partition coefficient (Wildman–Crippen LogP) is 3.62. The van der Waals surface area contributed by atoms with Crippen molar-refractivity contribution >= 4 is 33.2 Å². The average molecular weight is 416 g/mol. The summed E-state index contributed by atoms with van der Waals surface area (Å²) in [6.45, 7) is 7.26. The largest absolute Gasteiger partial charge is 0.324 e. The number of halogens is 1. The Morgan fingerprint density at radius 2 is 1.81 bits per heavy atom. The van der Waals surface area contributed by atoms with Crippen molar-refractivity contribution in [1.29, 1.82) is 0 Å². The van der Waals surface area contributed by atoms with E-state index in [4.69, 9.17) is 11.6 Å². The molecule has 0 unspecified atom stereocenters. The van der Waals surface area contributed by atoms with Crippen LogP contribution in [0.1, 0.15) is 52.9 Å². The molecule has 0 aromatic heterocycles. The third-order valence-corrected chi connectivity index (χ3v) is 7.25. The highest BCUT2D eigenvalue weighted by atomic mass is 35.5. The Morgan fingerprint density at radius 3 is 2.41 bits per heavy atom. The van der Waals surface area contributed by atoms with Gasteiger partial charge in [-0.3, -0.25) is 4.79 Å². The van der Waals surface area contributed by atoms with E-state index in [2.05, 4.69) is 10.6 Å². The molecular formula is C19H30ClN3O3S. The Labute approximate surface area is 167 Å². The van der Waals surface area contributed by atoms with Crippen molar-refractivity contribution in [3.05, 3.63) is 23.2 Å². The molecular weight excluding hydrogens is 386 g/mol. The molecule has 1 heterocycles. The second kappa shape index (κ2) is 9.37. The number of carbonyl (C=O) groups is 1. The fraction of sp³-hybridized carbons (Fsp3) is 0.632. The summed E-state index contributed by atoms with van der Waals surface area (Å²) in [4.78, 5) is 12.4. The minimum atomic E-state index is -3.59. The van der Waals surface area contributed by atoms with Gasteiger partial charge < -0.3 is 10.6 Å². The molecule has 1 aromatic rings. The van der Waals surface area contributed by atoms with E-state index in [9.17, 15) is 13.2 Å². The molecule has 2 rings (SSSR count). The fourth-order valence-electron chi connectivity index (χ4n) is 2.83. The van der Waals surface area contributed by atoms with Crippen LogP contribution in [0.4, 0.5) is 5.69 Å². The van der Waals surface area contributed by atoms with E-state index in [1.807, 2.05) is 20.8 Å². The molecule has 0 bridgehead atoms. The molecule has 152 valence electrons. The van der Waals surface area contributed by atoms with Gasteiger partial charge in [0, 0.05) is 18.6 Å². The van der Waals surface area contributed by atoms with Crippen LogP contribution in [0.3, 0.4) is 0 Å². The smallest absolute Gasteiger partial charge is 0.243 e. The molecule has 1 aliphatic rings. The Kier molecular flexibility index (Phi) is 7.68. The van der Waals surface area contributed by atoms with Crippen LogP contribution < -0.4 is 10.6 Å². The summed E-state index contributed by atoms with van der Waals surface area (Å²) in [6, 6.07) is 4.47. The summed E-state index contributed by atoms with van der Waals surface area (Å²) in [6.07, 6.45) is 4.72. The molecule has 0 aliphatic carbocycles. The Bertz CT molecular complexity index is 757. The van der Waals surface area contributed by atoms with Crippen LogP contribution in [0.5, 0.6) is 0 Å². The van der Waals surface area contributed by atoms with E-state index in [1.54, 1.807) is 0 Å². The van der Waals surface area contributed by atoms with Gasteiger partial charge in [0.1, 0.15) is 0 Å². The molecule has 0 spiro atoms. The van der Waals surface area contributed by atoms with Crippen molar-refractivity contribution in [2.75, 3.05) is 25.0 Å². The van der Waals surface area contributed by atoms with Gasteiger partial charge in [0.15, 0.2) is 0 Å². The van der Waals surface area contributed by atoms with Crippen molar-refractivity contribution in [2.45, 2.75) is 63.3 Å². The molecule has 0 saturated carbocycles. The van der Waals surface area contributed by atoms with Gasteiger partial charge in [0.05, 0.1) is 22.2 Å². The third-order valence-electron chi connectivity index (χ3n) is 5.03. The SMILES string of the molecule is CCC(C)(C)NCC(=O)Nc1cc(S(=O)(=O)N2CCCCCC2)ccc1Cl. The fourth-order valence-corrected chi connectivity index (χ4v) is 4.54. The number of anilines is 1. The average Bonchev–Trinajstić information content (AvgIpc) is 2.92. The van der Waals surface area contributed by atoms with Gasteiger partial charge in [-0.05, 0) is 51.3 Å². The van der Waals surface area contributed by atoms with Crippen LogP contribution in [0, 0.1) is 0 Å². The molecule has 0 atom stereocenters. The molecule has 1 aliphatic heterocycles. The monoisotopic (exact) mass is 415 g/mol. The zero-order chi connectivity index (χ0) is 20.1. The van der Waals surface area contributed by atoms with Crippen molar-refractivity contribution in [3.8, 4) is 0 Å². The second-order valence-electron chi connectivity index (χ2n) is 7.60. The van der Waals surface area contributed by atoms with Crippen LogP contribution in [0.15, 0.2) is 23.1 Å². The minimum Gasteiger partial charge on any atom is -0.324 e. The van der Waals surface area contributed by atoms with E-state index in [1.165, 1.54) is 22.5 Å². The van der Waals surface area contributed by atoms with Crippen molar-refractivity contribution < 1.29 is 13.2 Å². The van der Waals surface area contributed by atoms with E-state index in [-0.39, 0.29) is 22.9 Å². The van der Waals surface area contributed by atoms with Crippen LogP contribution in [0.25, 0.3) is 0 Å². The number of amides is 1. The number of rotatable bonds is 7. The summed E-state index contributed by atoms with van der Waals surface area (Å²) in [5.74, 6) is -0.261. The van der Waals surface area contributed by atoms with Crippen LogP contribution in [-0.2, 0) is 14.8 Å². The predicted molar refractivity (Wildman–Crippen MR) is 110 cm³/mol. The first kappa shape index (κ1) is 22.1. The molecule has 1 amide bonds.